The van der Waals surface area contributed by atoms with Gasteiger partial charge in [0.25, 0.3) is 5.91 Å². The summed E-state index contributed by atoms with van der Waals surface area (Å²) in [6, 6.07) is 10.4. The zero-order chi connectivity index (χ0) is 20.2. The largest absolute Gasteiger partial charge is 0.497 e. The van der Waals surface area contributed by atoms with Gasteiger partial charge in [-0.25, -0.2) is 0 Å². The number of rotatable bonds is 6. The van der Waals surface area contributed by atoms with E-state index in [4.69, 9.17) is 9.47 Å². The molecule has 1 aromatic heterocycles. The lowest BCUT2D eigenvalue weighted by Crippen LogP contribution is -2.43. The van der Waals surface area contributed by atoms with Gasteiger partial charge in [0.15, 0.2) is 0 Å². The number of carbonyl (C=O) groups is 1. The normalized spacial score (nSPS) is 20.7. The van der Waals surface area contributed by atoms with Crippen molar-refractivity contribution in [1.29, 1.82) is 0 Å². The number of morpholine rings is 1. The Kier molecular flexibility index (Phi) is 6.53. The maximum absolute atomic E-state index is 12.9. The fraction of sp³-hybridized carbons (Fsp3) is 0.522. The molecule has 2 aromatic rings. The van der Waals surface area contributed by atoms with E-state index < -0.39 is 0 Å². The minimum Gasteiger partial charge on any atom is -0.497 e. The summed E-state index contributed by atoms with van der Waals surface area (Å²) in [5, 5.41) is 3.20. The van der Waals surface area contributed by atoms with Crippen molar-refractivity contribution in [2.45, 2.75) is 32.2 Å². The van der Waals surface area contributed by atoms with Crippen LogP contribution in [0, 0.1) is 5.92 Å². The van der Waals surface area contributed by atoms with Crippen LogP contribution in [0.2, 0.25) is 0 Å². The molecule has 0 saturated carbocycles. The van der Waals surface area contributed by atoms with Gasteiger partial charge >= 0.3 is 0 Å². The van der Waals surface area contributed by atoms with E-state index in [1.165, 1.54) is 22.4 Å². The van der Waals surface area contributed by atoms with Crippen molar-refractivity contribution in [3.05, 3.63) is 51.2 Å². The molecule has 1 aliphatic heterocycles. The summed E-state index contributed by atoms with van der Waals surface area (Å²) < 4.78 is 10.8. The molecule has 0 spiro atoms. The van der Waals surface area contributed by atoms with E-state index in [2.05, 4.69) is 35.3 Å². The van der Waals surface area contributed by atoms with Crippen molar-refractivity contribution in [2.75, 3.05) is 40.0 Å². The Labute approximate surface area is 177 Å². The quantitative estimate of drug-likeness (QED) is 0.783. The predicted octanol–water partition coefficient (Wildman–Crippen LogP) is 3.68. The third-order valence-corrected chi connectivity index (χ3v) is 7.23. The summed E-state index contributed by atoms with van der Waals surface area (Å²) in [4.78, 5) is 17.5. The molecule has 1 amide bonds. The average Bonchev–Trinajstić information content (AvgIpc) is 3.18. The standard InChI is InChI=1S/C23H30N2O3S/c1-16-3-8-21-18(13-16)14-22(29-21)23(26)24-15-20(25-9-11-28-12-10-25)17-4-6-19(27-2)7-5-17/h4-7,14,16,20H,3,8-13,15H2,1-2H3,(H,24,26)/t16-,20+/m0/s1. The first-order chi connectivity index (χ1) is 14.1. The van der Waals surface area contributed by atoms with Gasteiger partial charge in [-0.3, -0.25) is 9.69 Å². The minimum atomic E-state index is 0.0452. The lowest BCUT2D eigenvalue weighted by atomic mass is 9.90. The molecule has 2 heterocycles. The molecule has 0 unspecified atom stereocenters. The van der Waals surface area contributed by atoms with Crippen LogP contribution in [0.3, 0.4) is 0 Å². The molecule has 0 radical (unpaired) electrons. The number of methoxy groups -OCH3 is 1. The number of aryl methyl sites for hydroxylation is 1. The zero-order valence-electron chi connectivity index (χ0n) is 17.3. The van der Waals surface area contributed by atoms with Gasteiger partial charge in [0.1, 0.15) is 5.75 Å². The number of benzene rings is 1. The number of amides is 1. The van der Waals surface area contributed by atoms with Crippen molar-refractivity contribution in [2.24, 2.45) is 5.92 Å². The number of ether oxygens (including phenoxy) is 2. The molecule has 1 fully saturated rings. The highest BCUT2D eigenvalue weighted by molar-refractivity contribution is 7.14. The third-order valence-electron chi connectivity index (χ3n) is 6.00. The van der Waals surface area contributed by atoms with Crippen LogP contribution in [0.15, 0.2) is 30.3 Å². The summed E-state index contributed by atoms with van der Waals surface area (Å²) in [6.45, 7) is 6.09. The molecule has 4 rings (SSSR count). The number of carbonyl (C=O) groups excluding carboxylic acids is 1. The molecule has 2 atom stereocenters. The number of thiophene rings is 1. The summed E-state index contributed by atoms with van der Waals surface area (Å²) in [7, 11) is 1.68. The monoisotopic (exact) mass is 414 g/mol. The van der Waals surface area contributed by atoms with Gasteiger partial charge in [0.2, 0.25) is 0 Å². The van der Waals surface area contributed by atoms with Gasteiger partial charge in [-0.15, -0.1) is 11.3 Å². The van der Waals surface area contributed by atoms with Crippen molar-refractivity contribution < 1.29 is 14.3 Å². The Balaban J connectivity index is 1.46. The predicted molar refractivity (Wildman–Crippen MR) is 116 cm³/mol. The van der Waals surface area contributed by atoms with Crippen molar-refractivity contribution in [1.82, 2.24) is 10.2 Å². The first-order valence-electron chi connectivity index (χ1n) is 10.5. The molecule has 156 valence electrons. The molecule has 29 heavy (non-hydrogen) atoms. The van der Waals surface area contributed by atoms with Crippen LogP contribution >= 0.6 is 11.3 Å². The van der Waals surface area contributed by atoms with Gasteiger partial charge in [-0.2, -0.15) is 0 Å². The van der Waals surface area contributed by atoms with Crippen LogP contribution in [0.4, 0.5) is 0 Å². The highest BCUT2D eigenvalue weighted by Gasteiger charge is 2.25. The third kappa shape index (κ3) is 4.82. The second-order valence-electron chi connectivity index (χ2n) is 8.05. The highest BCUT2D eigenvalue weighted by atomic mass is 32.1. The number of hydrogen-bond donors (Lipinski definition) is 1. The average molecular weight is 415 g/mol. The van der Waals surface area contributed by atoms with Gasteiger partial charge in [-0.05, 0) is 54.5 Å². The van der Waals surface area contributed by atoms with Crippen LogP contribution in [0.5, 0.6) is 5.75 Å². The zero-order valence-corrected chi connectivity index (χ0v) is 18.1. The van der Waals surface area contributed by atoms with E-state index in [-0.39, 0.29) is 11.9 Å². The molecule has 5 nitrogen and oxygen atoms in total. The topological polar surface area (TPSA) is 50.8 Å². The Morgan fingerprint density at radius 1 is 1.31 bits per heavy atom. The molecule has 0 bridgehead atoms. The van der Waals surface area contributed by atoms with E-state index >= 15 is 0 Å². The lowest BCUT2D eigenvalue weighted by Gasteiger charge is -2.35. The number of nitrogens with one attached hydrogen (secondary N) is 1. The maximum atomic E-state index is 12.9. The molecular formula is C23H30N2O3S. The summed E-state index contributed by atoms with van der Waals surface area (Å²) in [5.74, 6) is 1.61. The fourth-order valence-corrected chi connectivity index (χ4v) is 5.39. The van der Waals surface area contributed by atoms with E-state index in [9.17, 15) is 4.79 Å². The fourth-order valence-electron chi connectivity index (χ4n) is 4.27. The Morgan fingerprint density at radius 2 is 2.07 bits per heavy atom. The van der Waals surface area contributed by atoms with Crippen LogP contribution in [-0.4, -0.2) is 50.8 Å². The molecule has 1 saturated heterocycles. The van der Waals surface area contributed by atoms with Crippen molar-refractivity contribution in [3.8, 4) is 5.75 Å². The van der Waals surface area contributed by atoms with E-state index in [0.717, 1.165) is 49.8 Å². The van der Waals surface area contributed by atoms with Crippen molar-refractivity contribution >= 4 is 17.2 Å². The number of hydrogen-bond acceptors (Lipinski definition) is 5. The van der Waals surface area contributed by atoms with Crippen molar-refractivity contribution in [3.63, 3.8) is 0 Å². The van der Waals surface area contributed by atoms with Crippen LogP contribution < -0.4 is 10.1 Å². The number of fused-ring (bicyclic) bond motifs is 1. The lowest BCUT2D eigenvalue weighted by molar-refractivity contribution is 0.0162. The molecule has 1 N–H and O–H groups in total. The Morgan fingerprint density at radius 3 is 2.79 bits per heavy atom. The van der Waals surface area contributed by atoms with Gasteiger partial charge in [0.05, 0.1) is 31.2 Å². The number of nitrogens with zero attached hydrogens (tertiary/aromatic N) is 1. The van der Waals surface area contributed by atoms with Crippen LogP contribution in [0.25, 0.3) is 0 Å². The smallest absolute Gasteiger partial charge is 0.261 e. The first kappa shape index (κ1) is 20.4. The minimum absolute atomic E-state index is 0.0452. The molecule has 2 aliphatic rings. The SMILES string of the molecule is COc1ccc([C@@H](CNC(=O)c2cc3c(s2)CC[C@H](C)C3)N2CCOCC2)cc1. The molecule has 1 aliphatic carbocycles. The first-order valence-corrected chi connectivity index (χ1v) is 11.3. The molecule has 1 aromatic carbocycles. The Bertz CT molecular complexity index is 827. The van der Waals surface area contributed by atoms with E-state index in [1.54, 1.807) is 18.4 Å². The second kappa shape index (κ2) is 9.28. The molecular weight excluding hydrogens is 384 g/mol. The summed E-state index contributed by atoms with van der Waals surface area (Å²) >= 11 is 1.67. The van der Waals surface area contributed by atoms with Gasteiger partial charge < -0.3 is 14.8 Å². The van der Waals surface area contributed by atoms with E-state index in [1.807, 2.05) is 12.1 Å². The van der Waals surface area contributed by atoms with Gasteiger partial charge in [0, 0.05) is 24.5 Å². The highest BCUT2D eigenvalue weighted by Crippen LogP contribution is 2.32. The summed E-state index contributed by atoms with van der Waals surface area (Å²) in [6.07, 6.45) is 3.43. The van der Waals surface area contributed by atoms with Gasteiger partial charge in [-0.1, -0.05) is 19.1 Å². The Hall–Kier alpha value is -1.89. The summed E-state index contributed by atoms with van der Waals surface area (Å²) in [5.41, 5.74) is 2.56. The van der Waals surface area contributed by atoms with Crippen LogP contribution in [0.1, 0.15) is 45.1 Å². The maximum Gasteiger partial charge on any atom is 0.261 e. The van der Waals surface area contributed by atoms with Crippen LogP contribution in [-0.2, 0) is 17.6 Å². The van der Waals surface area contributed by atoms with E-state index in [0.29, 0.717) is 12.5 Å². The molecule has 6 heteroatoms. The second-order valence-corrected chi connectivity index (χ2v) is 9.19.